The second-order valence-electron chi connectivity index (χ2n) is 16.7. The molecule has 0 fully saturated rings. The molecule has 0 rings (SSSR count). The molecule has 0 aromatic heterocycles. The molecule has 0 heterocycles. The van der Waals surface area contributed by atoms with E-state index < -0.39 is 6.10 Å². The fourth-order valence-electron chi connectivity index (χ4n) is 7.14. The Morgan fingerprint density at radius 2 is 0.579 bits per heavy atom. The Morgan fingerprint density at radius 3 is 0.877 bits per heavy atom. The summed E-state index contributed by atoms with van der Waals surface area (Å²) in [6, 6.07) is 0. The summed E-state index contributed by atoms with van der Waals surface area (Å²) in [6.45, 7) is 6.61. The van der Waals surface area contributed by atoms with Gasteiger partial charge in [-0.3, -0.25) is 14.4 Å². The van der Waals surface area contributed by atoms with Crippen molar-refractivity contribution in [3.8, 4) is 0 Å². The lowest BCUT2D eigenvalue weighted by Crippen LogP contribution is -2.30. The molecule has 0 aliphatic carbocycles. The molecular formula is C51H94O6. The van der Waals surface area contributed by atoms with E-state index in [1.807, 2.05) is 0 Å². The Labute approximate surface area is 353 Å². The lowest BCUT2D eigenvalue weighted by Gasteiger charge is -2.18. The van der Waals surface area contributed by atoms with Gasteiger partial charge in [-0.2, -0.15) is 0 Å². The Kier molecular flexibility index (Phi) is 44.9. The van der Waals surface area contributed by atoms with Crippen LogP contribution >= 0.6 is 0 Å². The second-order valence-corrected chi connectivity index (χ2v) is 16.7. The summed E-state index contributed by atoms with van der Waals surface area (Å²) < 4.78 is 16.7. The summed E-state index contributed by atoms with van der Waals surface area (Å²) in [7, 11) is 0. The van der Waals surface area contributed by atoms with Crippen LogP contribution in [-0.4, -0.2) is 37.2 Å². The van der Waals surface area contributed by atoms with Gasteiger partial charge < -0.3 is 14.2 Å². The molecule has 0 aromatic rings. The van der Waals surface area contributed by atoms with Crippen LogP contribution in [0.2, 0.25) is 0 Å². The molecule has 0 bridgehead atoms. The number of unbranched alkanes of at least 4 members (excludes halogenated alkanes) is 30. The summed E-state index contributed by atoms with van der Waals surface area (Å²) in [5.74, 6) is -0.883. The lowest BCUT2D eigenvalue weighted by molar-refractivity contribution is -0.167. The van der Waals surface area contributed by atoms with Crippen LogP contribution in [0.3, 0.4) is 0 Å². The van der Waals surface area contributed by atoms with Crippen LogP contribution in [0.15, 0.2) is 24.3 Å². The zero-order chi connectivity index (χ0) is 41.5. The molecule has 0 aliphatic heterocycles. The molecule has 1 atom stereocenters. The molecule has 6 nitrogen and oxygen atoms in total. The van der Waals surface area contributed by atoms with Gasteiger partial charge in [0.1, 0.15) is 13.2 Å². The minimum atomic E-state index is -0.773. The van der Waals surface area contributed by atoms with Crippen LogP contribution < -0.4 is 0 Å². The van der Waals surface area contributed by atoms with E-state index in [0.29, 0.717) is 19.3 Å². The van der Waals surface area contributed by atoms with Crippen LogP contribution in [-0.2, 0) is 28.6 Å². The largest absolute Gasteiger partial charge is 0.462 e. The predicted octanol–water partition coefficient (Wildman–Crippen LogP) is 16.0. The normalized spacial score (nSPS) is 12.1. The van der Waals surface area contributed by atoms with Crippen molar-refractivity contribution in [2.75, 3.05) is 13.2 Å². The van der Waals surface area contributed by atoms with E-state index >= 15 is 0 Å². The van der Waals surface area contributed by atoms with Crippen molar-refractivity contribution in [2.45, 2.75) is 271 Å². The van der Waals surface area contributed by atoms with Gasteiger partial charge in [-0.05, 0) is 70.6 Å². The number of hydrogen-bond donors (Lipinski definition) is 0. The van der Waals surface area contributed by atoms with Crippen LogP contribution in [0.4, 0.5) is 0 Å². The average molecular weight is 803 g/mol. The van der Waals surface area contributed by atoms with Crippen LogP contribution in [0, 0.1) is 0 Å². The molecule has 0 N–H and O–H groups in total. The first kappa shape index (κ1) is 54.9. The first-order chi connectivity index (χ1) is 28.0. The van der Waals surface area contributed by atoms with Crippen molar-refractivity contribution < 1.29 is 28.6 Å². The smallest absolute Gasteiger partial charge is 0.306 e. The van der Waals surface area contributed by atoms with Gasteiger partial charge in [-0.1, -0.05) is 199 Å². The van der Waals surface area contributed by atoms with E-state index in [2.05, 4.69) is 45.1 Å². The molecule has 334 valence electrons. The van der Waals surface area contributed by atoms with E-state index in [1.54, 1.807) is 0 Å². The second kappa shape index (κ2) is 46.6. The quantitative estimate of drug-likeness (QED) is 0.0264. The van der Waals surface area contributed by atoms with Crippen LogP contribution in [0.25, 0.3) is 0 Å². The van der Waals surface area contributed by atoms with E-state index in [4.69, 9.17) is 14.2 Å². The van der Waals surface area contributed by atoms with Crippen molar-refractivity contribution >= 4 is 17.9 Å². The predicted molar refractivity (Wildman–Crippen MR) is 243 cm³/mol. The molecule has 0 amide bonds. The van der Waals surface area contributed by atoms with Gasteiger partial charge in [-0.25, -0.2) is 0 Å². The lowest BCUT2D eigenvalue weighted by atomic mass is 10.1. The summed E-state index contributed by atoms with van der Waals surface area (Å²) in [4.78, 5) is 37.8. The van der Waals surface area contributed by atoms with Gasteiger partial charge >= 0.3 is 17.9 Å². The van der Waals surface area contributed by atoms with Crippen LogP contribution in [0.5, 0.6) is 0 Å². The zero-order valence-corrected chi connectivity index (χ0v) is 38.1. The van der Waals surface area contributed by atoms with Crippen molar-refractivity contribution in [3.63, 3.8) is 0 Å². The fraction of sp³-hybridized carbons (Fsp3) is 0.863. The maximum atomic E-state index is 12.7. The summed E-state index contributed by atoms with van der Waals surface area (Å²) in [5.41, 5.74) is 0. The highest BCUT2D eigenvalue weighted by molar-refractivity contribution is 5.71. The standard InChI is InChI=1S/C51H94O6/c1-4-7-10-13-16-19-22-24-26-29-32-35-38-41-44-50(53)56-47-48(46-55-49(52)43-40-37-34-31-28-21-18-15-12-9-6-3)57-51(54)45-42-39-36-33-30-27-25-23-20-17-14-11-8-5-2/h22-25,48H,4-21,26-47H2,1-3H3/b24-22-,25-23-. The monoisotopic (exact) mass is 803 g/mol. The van der Waals surface area contributed by atoms with E-state index in [1.165, 1.54) is 154 Å². The molecular weight excluding hydrogens is 709 g/mol. The summed E-state index contributed by atoms with van der Waals surface area (Å²) >= 11 is 0. The average Bonchev–Trinajstić information content (AvgIpc) is 3.21. The maximum absolute atomic E-state index is 12.7. The minimum absolute atomic E-state index is 0.0740. The molecule has 6 heteroatoms. The molecule has 0 spiro atoms. The third-order valence-electron chi connectivity index (χ3n) is 10.9. The SMILES string of the molecule is CCCCCCC/C=C\CCCCCCCC(=O)OCC(COC(=O)CCCCCCCCCCCCC)OC(=O)CCCCCCC/C=C\CCCCCCC. The molecule has 1 unspecified atom stereocenters. The van der Waals surface area contributed by atoms with E-state index in [9.17, 15) is 14.4 Å². The Hall–Kier alpha value is -2.11. The Bertz CT molecular complexity index is 927. The molecule has 0 aliphatic rings. The minimum Gasteiger partial charge on any atom is -0.462 e. The number of esters is 3. The van der Waals surface area contributed by atoms with Gasteiger partial charge in [0, 0.05) is 19.3 Å². The summed E-state index contributed by atoms with van der Waals surface area (Å²) in [5, 5.41) is 0. The first-order valence-corrected chi connectivity index (χ1v) is 24.8. The highest BCUT2D eigenvalue weighted by Gasteiger charge is 2.19. The third-order valence-corrected chi connectivity index (χ3v) is 10.9. The number of allylic oxidation sites excluding steroid dienone is 4. The number of carbonyl (C=O) groups is 3. The topological polar surface area (TPSA) is 78.9 Å². The Morgan fingerprint density at radius 1 is 0.333 bits per heavy atom. The van der Waals surface area contributed by atoms with Crippen LogP contribution in [0.1, 0.15) is 265 Å². The van der Waals surface area contributed by atoms with E-state index in [0.717, 1.165) is 70.6 Å². The van der Waals surface area contributed by atoms with Crippen molar-refractivity contribution in [1.29, 1.82) is 0 Å². The van der Waals surface area contributed by atoms with Crippen molar-refractivity contribution in [3.05, 3.63) is 24.3 Å². The van der Waals surface area contributed by atoms with E-state index in [-0.39, 0.29) is 31.1 Å². The number of carbonyl (C=O) groups excluding carboxylic acids is 3. The van der Waals surface area contributed by atoms with Crippen molar-refractivity contribution in [1.82, 2.24) is 0 Å². The number of rotatable bonds is 45. The van der Waals surface area contributed by atoms with Gasteiger partial charge in [0.25, 0.3) is 0 Å². The van der Waals surface area contributed by atoms with Gasteiger partial charge in [0.2, 0.25) is 0 Å². The van der Waals surface area contributed by atoms with Gasteiger partial charge in [0.05, 0.1) is 0 Å². The molecule has 0 aromatic carbocycles. The highest BCUT2D eigenvalue weighted by Crippen LogP contribution is 2.15. The number of hydrogen-bond acceptors (Lipinski definition) is 6. The maximum Gasteiger partial charge on any atom is 0.306 e. The van der Waals surface area contributed by atoms with Crippen molar-refractivity contribution in [2.24, 2.45) is 0 Å². The zero-order valence-electron chi connectivity index (χ0n) is 38.1. The first-order valence-electron chi connectivity index (χ1n) is 24.8. The highest BCUT2D eigenvalue weighted by atomic mass is 16.6. The molecule has 0 saturated carbocycles. The molecule has 57 heavy (non-hydrogen) atoms. The van der Waals surface area contributed by atoms with Gasteiger partial charge in [0.15, 0.2) is 6.10 Å². The number of ether oxygens (including phenoxy) is 3. The molecule has 0 saturated heterocycles. The third kappa shape index (κ3) is 44.8. The van der Waals surface area contributed by atoms with Gasteiger partial charge in [-0.15, -0.1) is 0 Å². The molecule has 0 radical (unpaired) electrons. The Balaban J connectivity index is 4.37. The fourth-order valence-corrected chi connectivity index (χ4v) is 7.14. The summed E-state index contributed by atoms with van der Waals surface area (Å²) in [6.07, 6.45) is 51.5.